The number of allylic oxidation sites excluding steroid dienone is 1. The molecule has 0 radical (unpaired) electrons. The lowest BCUT2D eigenvalue weighted by molar-refractivity contribution is 0.148. The van der Waals surface area contributed by atoms with Crippen LogP contribution in [0.5, 0.6) is 11.5 Å². The SMILES string of the molecule is COc1ccc(C2=CCN3C=C(N4CCC(CN5CCCCC5)CC4)C=CC3=N2)cc1OC. The maximum atomic E-state index is 5.46. The largest absolute Gasteiger partial charge is 0.493 e. The molecule has 0 aromatic heterocycles. The molecule has 33 heavy (non-hydrogen) atoms. The highest BCUT2D eigenvalue weighted by Gasteiger charge is 2.25. The Morgan fingerprint density at radius 3 is 2.48 bits per heavy atom. The van der Waals surface area contributed by atoms with Gasteiger partial charge in [-0.15, -0.1) is 0 Å². The van der Waals surface area contributed by atoms with Gasteiger partial charge in [-0.25, -0.2) is 4.99 Å². The van der Waals surface area contributed by atoms with Gasteiger partial charge in [0.2, 0.25) is 0 Å². The average Bonchev–Trinajstić information content (AvgIpc) is 2.88. The first kappa shape index (κ1) is 22.1. The highest BCUT2D eigenvalue weighted by molar-refractivity contribution is 6.00. The number of hydrogen-bond acceptors (Lipinski definition) is 6. The molecule has 0 unspecified atom stereocenters. The van der Waals surface area contributed by atoms with Crippen LogP contribution in [0.25, 0.3) is 5.70 Å². The fraction of sp³-hybridized carbons (Fsp3) is 0.519. The number of amidine groups is 1. The number of rotatable bonds is 6. The summed E-state index contributed by atoms with van der Waals surface area (Å²) >= 11 is 0. The fourth-order valence-corrected chi connectivity index (χ4v) is 5.37. The quantitative estimate of drug-likeness (QED) is 0.646. The van der Waals surface area contributed by atoms with E-state index in [-0.39, 0.29) is 0 Å². The van der Waals surface area contributed by atoms with Crippen LogP contribution < -0.4 is 9.47 Å². The van der Waals surface area contributed by atoms with Crippen molar-refractivity contribution in [2.45, 2.75) is 32.1 Å². The van der Waals surface area contributed by atoms with Crippen LogP contribution in [0.3, 0.4) is 0 Å². The normalized spacial score (nSPS) is 21.8. The number of piperidine rings is 2. The maximum absolute atomic E-state index is 5.46. The number of ether oxygens (including phenoxy) is 2. The second kappa shape index (κ2) is 10.0. The molecule has 0 bridgehead atoms. The van der Waals surface area contributed by atoms with Gasteiger partial charge in [0.15, 0.2) is 11.5 Å². The lowest BCUT2D eigenvalue weighted by Crippen LogP contribution is -2.41. The summed E-state index contributed by atoms with van der Waals surface area (Å²) in [7, 11) is 3.32. The van der Waals surface area contributed by atoms with Crippen LogP contribution in [0.15, 0.2) is 53.3 Å². The second-order valence-corrected chi connectivity index (χ2v) is 9.46. The Labute approximate surface area is 197 Å². The Morgan fingerprint density at radius 2 is 1.73 bits per heavy atom. The minimum atomic E-state index is 0.726. The predicted molar refractivity (Wildman–Crippen MR) is 133 cm³/mol. The van der Waals surface area contributed by atoms with Gasteiger partial charge in [0.25, 0.3) is 0 Å². The Balaban J connectivity index is 1.19. The molecule has 6 nitrogen and oxygen atoms in total. The molecule has 6 heteroatoms. The van der Waals surface area contributed by atoms with Crippen LogP contribution in [0.4, 0.5) is 0 Å². The fourth-order valence-electron chi connectivity index (χ4n) is 5.37. The van der Waals surface area contributed by atoms with Crippen molar-refractivity contribution in [2.75, 3.05) is 53.5 Å². The van der Waals surface area contributed by atoms with E-state index in [0.29, 0.717) is 0 Å². The Bertz CT molecular complexity index is 966. The molecule has 4 aliphatic rings. The summed E-state index contributed by atoms with van der Waals surface area (Å²) in [4.78, 5) is 12.4. The monoisotopic (exact) mass is 448 g/mol. The molecule has 4 aliphatic heterocycles. The number of hydrogen-bond donors (Lipinski definition) is 0. The molecule has 0 atom stereocenters. The maximum Gasteiger partial charge on any atom is 0.161 e. The molecule has 2 fully saturated rings. The molecule has 2 saturated heterocycles. The third-order valence-electron chi connectivity index (χ3n) is 7.33. The highest BCUT2D eigenvalue weighted by Crippen LogP contribution is 2.32. The van der Waals surface area contributed by atoms with Crippen LogP contribution in [0.2, 0.25) is 0 Å². The van der Waals surface area contributed by atoms with Gasteiger partial charge in [-0.3, -0.25) is 0 Å². The van der Waals surface area contributed by atoms with Gasteiger partial charge in [-0.05, 0) is 81.1 Å². The van der Waals surface area contributed by atoms with E-state index in [9.17, 15) is 0 Å². The van der Waals surface area contributed by atoms with Crippen LogP contribution in [0, 0.1) is 5.92 Å². The molecular weight excluding hydrogens is 412 g/mol. The Kier molecular flexibility index (Phi) is 6.72. The topological polar surface area (TPSA) is 40.5 Å². The first-order chi connectivity index (χ1) is 16.2. The molecular formula is C27H36N4O2. The van der Waals surface area contributed by atoms with E-state index in [1.165, 1.54) is 57.4 Å². The van der Waals surface area contributed by atoms with Crippen LogP contribution in [-0.4, -0.2) is 74.0 Å². The van der Waals surface area contributed by atoms with Crippen molar-refractivity contribution in [1.29, 1.82) is 0 Å². The van der Waals surface area contributed by atoms with Gasteiger partial charge >= 0.3 is 0 Å². The van der Waals surface area contributed by atoms with Crippen molar-refractivity contribution in [3.8, 4) is 11.5 Å². The molecule has 4 heterocycles. The third-order valence-corrected chi connectivity index (χ3v) is 7.33. The smallest absolute Gasteiger partial charge is 0.161 e. The van der Waals surface area contributed by atoms with Crippen LogP contribution >= 0.6 is 0 Å². The average molecular weight is 449 g/mol. The van der Waals surface area contributed by atoms with E-state index in [1.54, 1.807) is 14.2 Å². The summed E-state index contributed by atoms with van der Waals surface area (Å²) in [5.74, 6) is 3.30. The standard InChI is InChI=1S/C27H36N4O2/c1-32-25-8-6-22(18-26(25)33-2)24-12-17-31-20-23(7-9-27(31)28-24)30-15-10-21(11-16-30)19-29-13-4-3-5-14-29/h6-9,12,18,20-21H,3-5,10-11,13-17,19H2,1-2H3. The van der Waals surface area contributed by atoms with Gasteiger partial charge in [0, 0.05) is 37.9 Å². The zero-order chi connectivity index (χ0) is 22.6. The number of benzene rings is 1. The van der Waals surface area contributed by atoms with Crippen molar-refractivity contribution < 1.29 is 9.47 Å². The van der Waals surface area contributed by atoms with Gasteiger partial charge in [-0.1, -0.05) is 6.42 Å². The zero-order valence-corrected chi connectivity index (χ0v) is 20.0. The minimum Gasteiger partial charge on any atom is -0.493 e. The summed E-state index contributed by atoms with van der Waals surface area (Å²) in [6.07, 6.45) is 15.6. The molecule has 0 spiro atoms. The van der Waals surface area contributed by atoms with Gasteiger partial charge in [0.05, 0.1) is 25.6 Å². The molecule has 5 rings (SSSR count). The van der Waals surface area contributed by atoms with E-state index in [4.69, 9.17) is 14.5 Å². The van der Waals surface area contributed by atoms with Crippen molar-refractivity contribution in [3.05, 3.63) is 53.9 Å². The number of aliphatic imine (C=N–C) groups is 1. The van der Waals surface area contributed by atoms with Gasteiger partial charge in [-0.2, -0.15) is 0 Å². The van der Waals surface area contributed by atoms with Gasteiger partial charge in [0.1, 0.15) is 5.84 Å². The molecule has 176 valence electrons. The number of fused-ring (bicyclic) bond motifs is 1. The molecule has 1 aromatic carbocycles. The van der Waals surface area contributed by atoms with E-state index in [1.807, 2.05) is 18.2 Å². The van der Waals surface area contributed by atoms with Crippen molar-refractivity contribution >= 4 is 11.5 Å². The summed E-state index contributed by atoms with van der Waals surface area (Å²) in [5.41, 5.74) is 3.33. The first-order valence-corrected chi connectivity index (χ1v) is 12.4. The summed E-state index contributed by atoms with van der Waals surface area (Å²) in [6.45, 7) is 7.05. The molecule has 0 N–H and O–H groups in total. The lowest BCUT2D eigenvalue weighted by Gasteiger charge is -2.39. The minimum absolute atomic E-state index is 0.726. The van der Waals surface area contributed by atoms with Crippen LogP contribution in [0.1, 0.15) is 37.7 Å². The molecule has 0 amide bonds. The lowest BCUT2D eigenvalue weighted by atomic mass is 9.94. The third kappa shape index (κ3) is 4.96. The van der Waals surface area contributed by atoms with E-state index < -0.39 is 0 Å². The number of nitrogens with zero attached hydrogens (tertiary/aromatic N) is 4. The zero-order valence-electron chi connectivity index (χ0n) is 20.0. The Morgan fingerprint density at radius 1 is 0.939 bits per heavy atom. The molecule has 0 saturated carbocycles. The second-order valence-electron chi connectivity index (χ2n) is 9.46. The summed E-state index contributed by atoms with van der Waals surface area (Å²) in [5, 5.41) is 0. The molecule has 0 aliphatic carbocycles. The molecule has 1 aromatic rings. The highest BCUT2D eigenvalue weighted by atomic mass is 16.5. The van der Waals surface area contributed by atoms with E-state index in [2.05, 4.69) is 39.1 Å². The summed E-state index contributed by atoms with van der Waals surface area (Å²) in [6, 6.07) is 5.96. The number of methoxy groups -OCH3 is 2. The van der Waals surface area contributed by atoms with Crippen molar-refractivity contribution in [1.82, 2.24) is 14.7 Å². The van der Waals surface area contributed by atoms with Gasteiger partial charge < -0.3 is 24.2 Å². The first-order valence-electron chi connectivity index (χ1n) is 12.4. The Hall–Kier alpha value is -2.73. The van der Waals surface area contributed by atoms with Crippen LogP contribution in [-0.2, 0) is 0 Å². The summed E-state index contributed by atoms with van der Waals surface area (Å²) < 4.78 is 10.8. The van der Waals surface area contributed by atoms with E-state index in [0.717, 1.165) is 54.1 Å². The van der Waals surface area contributed by atoms with E-state index >= 15 is 0 Å². The van der Waals surface area contributed by atoms with Crippen molar-refractivity contribution in [2.24, 2.45) is 10.9 Å². The predicted octanol–water partition coefficient (Wildman–Crippen LogP) is 4.37. The van der Waals surface area contributed by atoms with Crippen molar-refractivity contribution in [3.63, 3.8) is 0 Å². The number of likely N-dealkylation sites (tertiary alicyclic amines) is 2.